The first-order valence-electron chi connectivity index (χ1n) is 9.55. The number of aryl methyl sites for hydroxylation is 2. The van der Waals surface area contributed by atoms with Gasteiger partial charge in [0, 0.05) is 36.7 Å². The molecule has 1 saturated heterocycles. The molecule has 1 aromatic heterocycles. The summed E-state index contributed by atoms with van der Waals surface area (Å²) in [6.45, 7) is 2.77. The summed E-state index contributed by atoms with van der Waals surface area (Å²) in [6.07, 6.45) is -10.3. The summed E-state index contributed by atoms with van der Waals surface area (Å²) in [5.74, 6) is -4.08. The molecule has 0 saturated carbocycles. The lowest BCUT2D eigenvalue weighted by atomic mass is 9.87. The van der Waals surface area contributed by atoms with Crippen molar-refractivity contribution in [3.63, 3.8) is 0 Å². The average molecular weight is 431 g/mol. The van der Waals surface area contributed by atoms with Gasteiger partial charge in [0.25, 0.3) is 0 Å². The number of nitrogens with two attached hydrogens (primary N) is 1. The molecule has 2 unspecified atom stereocenters. The van der Waals surface area contributed by atoms with Crippen LogP contribution in [0.4, 0.5) is 32.0 Å². The predicted octanol–water partition coefficient (Wildman–Crippen LogP) is 5.39. The summed E-state index contributed by atoms with van der Waals surface area (Å²) in [4.78, 5) is 5.49. The van der Waals surface area contributed by atoms with E-state index in [9.17, 15) is 26.3 Å². The number of anilines is 1. The van der Waals surface area contributed by atoms with Gasteiger partial charge in [-0.05, 0) is 61.2 Å². The molecular weight excluding hydrogens is 408 g/mol. The Morgan fingerprint density at radius 3 is 1.93 bits per heavy atom. The van der Waals surface area contributed by atoms with Crippen molar-refractivity contribution in [2.24, 2.45) is 17.6 Å². The van der Waals surface area contributed by atoms with Gasteiger partial charge in [-0.25, -0.2) is 0 Å². The van der Waals surface area contributed by atoms with Crippen LogP contribution in [0.1, 0.15) is 23.4 Å². The van der Waals surface area contributed by atoms with Gasteiger partial charge < -0.3 is 10.6 Å². The second kappa shape index (κ2) is 8.09. The summed E-state index contributed by atoms with van der Waals surface area (Å²) < 4.78 is 79.7. The van der Waals surface area contributed by atoms with E-state index in [1.54, 1.807) is 18.2 Å². The second-order valence-corrected chi connectivity index (χ2v) is 7.80. The third-order valence-corrected chi connectivity index (χ3v) is 5.44. The third-order valence-electron chi connectivity index (χ3n) is 5.44. The van der Waals surface area contributed by atoms with E-state index in [0.717, 1.165) is 22.5 Å². The van der Waals surface area contributed by atoms with Crippen molar-refractivity contribution in [1.29, 1.82) is 0 Å². The molecule has 1 aliphatic heterocycles. The summed E-state index contributed by atoms with van der Waals surface area (Å²) >= 11 is 0. The summed E-state index contributed by atoms with van der Waals surface area (Å²) in [5.41, 5.74) is 10.1. The lowest BCUT2D eigenvalue weighted by molar-refractivity contribution is -0.214. The summed E-state index contributed by atoms with van der Waals surface area (Å²) in [6, 6.07) is 8.58. The number of piperidine rings is 1. The van der Waals surface area contributed by atoms with Gasteiger partial charge >= 0.3 is 12.4 Å². The molecule has 164 valence electrons. The van der Waals surface area contributed by atoms with Gasteiger partial charge in [0.05, 0.1) is 11.8 Å². The van der Waals surface area contributed by atoms with Crippen molar-refractivity contribution >= 4 is 5.69 Å². The quantitative estimate of drug-likeness (QED) is 0.663. The Bertz CT molecular complexity index is 864. The average Bonchev–Trinajstić information content (AvgIpc) is 2.65. The van der Waals surface area contributed by atoms with E-state index >= 15 is 0 Å². The minimum absolute atomic E-state index is 0.100. The maximum Gasteiger partial charge on any atom is 0.393 e. The molecule has 0 spiro atoms. The molecule has 0 aliphatic carbocycles. The standard InChI is InChI=1S/C21H23F6N3/c1-12-5-14(6-13(2)29-12)19-4-3-18(7-15(19)9-28)30-10-16(20(22,23)24)8-17(11-30)21(25,26)27/h3-7,16-17H,8-11,28H2,1-2H3. The van der Waals surface area contributed by atoms with E-state index in [1.807, 2.05) is 26.0 Å². The van der Waals surface area contributed by atoms with Crippen molar-refractivity contribution in [2.75, 3.05) is 18.0 Å². The van der Waals surface area contributed by atoms with Crippen molar-refractivity contribution in [3.05, 3.63) is 47.3 Å². The zero-order valence-electron chi connectivity index (χ0n) is 16.6. The molecule has 9 heteroatoms. The first-order chi connectivity index (χ1) is 13.9. The molecule has 0 radical (unpaired) electrons. The highest BCUT2D eigenvalue weighted by atomic mass is 19.4. The fraction of sp³-hybridized carbons (Fsp3) is 0.476. The Morgan fingerprint density at radius 2 is 1.47 bits per heavy atom. The Morgan fingerprint density at radius 1 is 0.933 bits per heavy atom. The van der Waals surface area contributed by atoms with Crippen LogP contribution in [0.3, 0.4) is 0 Å². The van der Waals surface area contributed by atoms with Gasteiger partial charge in [0.2, 0.25) is 0 Å². The molecule has 2 atom stereocenters. The van der Waals surface area contributed by atoms with Crippen LogP contribution in [0, 0.1) is 25.7 Å². The summed E-state index contributed by atoms with van der Waals surface area (Å²) in [5, 5.41) is 0. The van der Waals surface area contributed by atoms with Crippen LogP contribution in [0.15, 0.2) is 30.3 Å². The van der Waals surface area contributed by atoms with Crippen LogP contribution >= 0.6 is 0 Å². The normalized spacial score (nSPS) is 20.5. The number of benzene rings is 1. The molecule has 1 aliphatic rings. The van der Waals surface area contributed by atoms with Gasteiger partial charge in [0.15, 0.2) is 0 Å². The molecule has 2 aromatic rings. The highest BCUT2D eigenvalue weighted by molar-refractivity contribution is 5.71. The monoisotopic (exact) mass is 431 g/mol. The zero-order chi connectivity index (χ0) is 22.3. The van der Waals surface area contributed by atoms with E-state index in [-0.39, 0.29) is 6.54 Å². The van der Waals surface area contributed by atoms with Gasteiger partial charge in [0.1, 0.15) is 0 Å². The molecule has 2 N–H and O–H groups in total. The lowest BCUT2D eigenvalue weighted by Gasteiger charge is -2.40. The van der Waals surface area contributed by atoms with Crippen LogP contribution in [-0.4, -0.2) is 30.4 Å². The highest BCUT2D eigenvalue weighted by Gasteiger charge is 2.51. The van der Waals surface area contributed by atoms with E-state index in [0.29, 0.717) is 11.3 Å². The lowest BCUT2D eigenvalue weighted by Crippen LogP contribution is -2.49. The molecule has 30 heavy (non-hydrogen) atoms. The molecule has 3 nitrogen and oxygen atoms in total. The van der Waals surface area contributed by atoms with Gasteiger partial charge in [-0.3, -0.25) is 4.98 Å². The van der Waals surface area contributed by atoms with Crippen LogP contribution in [0.2, 0.25) is 0 Å². The highest BCUT2D eigenvalue weighted by Crippen LogP contribution is 2.43. The van der Waals surface area contributed by atoms with Crippen molar-refractivity contribution in [1.82, 2.24) is 4.98 Å². The third kappa shape index (κ3) is 4.88. The van der Waals surface area contributed by atoms with E-state index in [2.05, 4.69) is 4.98 Å². The Kier molecular flexibility index (Phi) is 6.04. The largest absolute Gasteiger partial charge is 0.393 e. The molecule has 1 aromatic carbocycles. The zero-order valence-corrected chi connectivity index (χ0v) is 16.6. The Hall–Kier alpha value is -2.29. The molecule has 3 rings (SSSR count). The van der Waals surface area contributed by atoms with Crippen LogP contribution < -0.4 is 10.6 Å². The Labute approximate surface area is 170 Å². The number of hydrogen-bond donors (Lipinski definition) is 1. The topological polar surface area (TPSA) is 42.1 Å². The number of pyridine rings is 1. The minimum Gasteiger partial charge on any atom is -0.370 e. The maximum atomic E-state index is 13.3. The smallest absolute Gasteiger partial charge is 0.370 e. The van der Waals surface area contributed by atoms with Gasteiger partial charge in [-0.2, -0.15) is 26.3 Å². The van der Waals surface area contributed by atoms with E-state index in [1.165, 1.54) is 4.90 Å². The SMILES string of the molecule is Cc1cc(-c2ccc(N3CC(C(F)(F)F)CC(C(F)(F)F)C3)cc2CN)cc(C)n1. The second-order valence-electron chi connectivity index (χ2n) is 7.80. The van der Waals surface area contributed by atoms with Crippen LogP contribution in [0.25, 0.3) is 11.1 Å². The number of aromatic nitrogens is 1. The number of alkyl halides is 6. The molecule has 0 amide bonds. The fourth-order valence-electron chi connectivity index (χ4n) is 4.00. The van der Waals surface area contributed by atoms with E-state index < -0.39 is 43.7 Å². The van der Waals surface area contributed by atoms with Gasteiger partial charge in [-0.1, -0.05) is 6.07 Å². The molecular formula is C21H23F6N3. The van der Waals surface area contributed by atoms with Crippen molar-refractivity contribution in [3.8, 4) is 11.1 Å². The van der Waals surface area contributed by atoms with E-state index in [4.69, 9.17) is 5.73 Å². The van der Waals surface area contributed by atoms with Crippen molar-refractivity contribution < 1.29 is 26.3 Å². The molecule has 1 fully saturated rings. The number of halogens is 6. The van der Waals surface area contributed by atoms with Crippen LogP contribution in [0.5, 0.6) is 0 Å². The number of rotatable bonds is 3. The van der Waals surface area contributed by atoms with Gasteiger partial charge in [-0.15, -0.1) is 0 Å². The first-order valence-corrected chi connectivity index (χ1v) is 9.55. The maximum absolute atomic E-state index is 13.3. The number of nitrogens with zero attached hydrogens (tertiary/aromatic N) is 2. The molecule has 0 bridgehead atoms. The Balaban J connectivity index is 1.98. The first kappa shape index (κ1) is 22.4. The molecule has 2 heterocycles. The predicted molar refractivity (Wildman–Crippen MR) is 103 cm³/mol. The summed E-state index contributed by atoms with van der Waals surface area (Å²) in [7, 11) is 0. The van der Waals surface area contributed by atoms with Crippen LogP contribution in [-0.2, 0) is 6.54 Å². The number of hydrogen-bond acceptors (Lipinski definition) is 3. The van der Waals surface area contributed by atoms with Crippen molar-refractivity contribution in [2.45, 2.75) is 39.2 Å². The fourth-order valence-corrected chi connectivity index (χ4v) is 4.00. The minimum atomic E-state index is -4.69.